The Labute approximate surface area is 370 Å². The average molecular weight is 901 g/mol. The lowest BCUT2D eigenvalue weighted by molar-refractivity contribution is -0.137. The van der Waals surface area contributed by atoms with E-state index in [1.165, 1.54) is 35.9 Å². The van der Waals surface area contributed by atoms with Crippen LogP contribution in [0.4, 0.5) is 64.5 Å². The fourth-order valence-electron chi connectivity index (χ4n) is 6.44. The molecule has 1 aliphatic heterocycles. The van der Waals surface area contributed by atoms with Crippen molar-refractivity contribution >= 4 is 86.0 Å². The van der Waals surface area contributed by atoms with Gasteiger partial charge in [0.2, 0.25) is 11.9 Å². The number of aromatic nitrogens is 5. The van der Waals surface area contributed by atoms with Gasteiger partial charge in [0.25, 0.3) is 5.91 Å². The number of nitrogens with zero attached hydrogens (tertiary/aromatic N) is 7. The van der Waals surface area contributed by atoms with Gasteiger partial charge in [0.15, 0.2) is 5.13 Å². The minimum Gasteiger partial charge on any atom is -0.395 e. The van der Waals surface area contributed by atoms with Crippen molar-refractivity contribution in [2.24, 2.45) is 5.92 Å². The second-order valence-electron chi connectivity index (χ2n) is 14.7. The maximum Gasteiger partial charge on any atom is 0.416 e. The lowest BCUT2D eigenvalue weighted by Crippen LogP contribution is -2.47. The van der Waals surface area contributed by atoms with Gasteiger partial charge in [0.05, 0.1) is 29.1 Å². The van der Waals surface area contributed by atoms with E-state index in [1.807, 2.05) is 32.0 Å². The number of piperazine rings is 1. The van der Waals surface area contributed by atoms with E-state index in [0.717, 1.165) is 62.5 Å². The highest BCUT2D eigenvalue weighted by Gasteiger charge is 2.31. The maximum atomic E-state index is 12.9. The van der Waals surface area contributed by atoms with Crippen LogP contribution in [-0.4, -0.2) is 86.1 Å². The van der Waals surface area contributed by atoms with Gasteiger partial charge in [0.1, 0.15) is 28.2 Å². The SMILES string of the molecule is Cc1nc(Nc2ncc(C(=O)Nc3c(C)cccc3Cl)s2)cc(N2CCN(CCO)CC2)n1.O=C(Nc1cccc(Nc2nccc(Nc3cccc(C(F)(F)F)c3)n2)c1)C1CC1. The van der Waals surface area contributed by atoms with Crippen molar-refractivity contribution in [3.63, 3.8) is 0 Å². The Morgan fingerprint density at radius 1 is 0.825 bits per heavy atom. The molecule has 3 aromatic carbocycles. The van der Waals surface area contributed by atoms with Crippen LogP contribution in [0.3, 0.4) is 0 Å². The summed E-state index contributed by atoms with van der Waals surface area (Å²) in [5.74, 6) is 2.56. The summed E-state index contributed by atoms with van der Waals surface area (Å²) in [5.41, 5.74) is 2.33. The smallest absolute Gasteiger partial charge is 0.395 e. The zero-order valence-corrected chi connectivity index (χ0v) is 35.8. The molecule has 1 saturated carbocycles. The van der Waals surface area contributed by atoms with Crippen molar-refractivity contribution in [1.82, 2.24) is 29.8 Å². The van der Waals surface area contributed by atoms with Crippen LogP contribution in [0.1, 0.15) is 39.5 Å². The Hall–Kier alpha value is -6.41. The molecule has 4 heterocycles. The van der Waals surface area contributed by atoms with Crippen LogP contribution in [-0.2, 0) is 11.0 Å². The highest BCUT2D eigenvalue weighted by molar-refractivity contribution is 7.17. The molecular weight excluding hydrogens is 857 g/mol. The van der Waals surface area contributed by atoms with E-state index in [0.29, 0.717) is 56.1 Å². The number of aryl methyl sites for hydroxylation is 2. The van der Waals surface area contributed by atoms with Crippen LogP contribution in [0.5, 0.6) is 0 Å². The molecule has 2 amide bonds. The summed E-state index contributed by atoms with van der Waals surface area (Å²) < 4.78 is 38.6. The number of aliphatic hydroxyl groups excluding tert-OH is 1. The van der Waals surface area contributed by atoms with Crippen LogP contribution < -0.4 is 31.5 Å². The first-order valence-corrected chi connectivity index (χ1v) is 21.2. The number of thiazole rings is 1. The first-order valence-electron chi connectivity index (χ1n) is 20.0. The number of anilines is 9. The third-order valence-corrected chi connectivity index (χ3v) is 11.0. The number of hydrogen-bond donors (Lipinski definition) is 6. The number of aliphatic hydroxyl groups is 1. The van der Waals surface area contributed by atoms with Crippen LogP contribution >= 0.6 is 22.9 Å². The van der Waals surface area contributed by atoms with Gasteiger partial charge in [0, 0.05) is 68.0 Å². The van der Waals surface area contributed by atoms with Crippen LogP contribution in [0, 0.1) is 19.8 Å². The summed E-state index contributed by atoms with van der Waals surface area (Å²) in [4.78, 5) is 51.3. The average Bonchev–Trinajstić information content (AvgIpc) is 4.01. The molecule has 2 aliphatic rings. The topological polar surface area (TPSA) is 185 Å². The summed E-state index contributed by atoms with van der Waals surface area (Å²) in [6.45, 7) is 8.03. The number of nitrogens with one attached hydrogen (secondary N) is 5. The molecule has 20 heteroatoms. The molecule has 0 radical (unpaired) electrons. The fraction of sp³-hybridized carbons (Fsp3) is 0.279. The molecule has 328 valence electrons. The highest BCUT2D eigenvalue weighted by Crippen LogP contribution is 2.33. The number of benzene rings is 3. The van der Waals surface area contributed by atoms with Gasteiger partial charge < -0.3 is 36.6 Å². The van der Waals surface area contributed by atoms with Gasteiger partial charge in [-0.15, -0.1) is 0 Å². The van der Waals surface area contributed by atoms with E-state index in [2.05, 4.69) is 61.3 Å². The number of β-amino-alcohol motifs (C(OH)–C–C–N with tert-alkyl or cyclic N) is 1. The number of carbonyl (C=O) groups excluding carboxylic acids is 2. The van der Waals surface area contributed by atoms with E-state index in [4.69, 9.17) is 16.7 Å². The number of amides is 2. The third kappa shape index (κ3) is 12.6. The Morgan fingerprint density at radius 2 is 1.56 bits per heavy atom. The molecule has 0 bridgehead atoms. The Morgan fingerprint density at radius 3 is 2.29 bits per heavy atom. The Kier molecular flexibility index (Phi) is 14.3. The van der Waals surface area contributed by atoms with Crippen molar-refractivity contribution in [2.75, 3.05) is 70.8 Å². The highest BCUT2D eigenvalue weighted by atomic mass is 35.5. The molecule has 6 N–H and O–H groups in total. The van der Waals surface area contributed by atoms with Crippen LogP contribution in [0.15, 0.2) is 91.3 Å². The normalized spacial score (nSPS) is 14.0. The van der Waals surface area contributed by atoms with Crippen molar-refractivity contribution in [3.8, 4) is 0 Å². The van der Waals surface area contributed by atoms with Gasteiger partial charge in [-0.3, -0.25) is 14.5 Å². The minimum absolute atomic E-state index is 0.00989. The minimum atomic E-state index is -4.42. The molecule has 15 nitrogen and oxygen atoms in total. The van der Waals surface area contributed by atoms with E-state index in [-0.39, 0.29) is 36.0 Å². The van der Waals surface area contributed by atoms with Crippen molar-refractivity contribution in [2.45, 2.75) is 32.9 Å². The first-order chi connectivity index (χ1) is 30.3. The quantitative estimate of drug-likeness (QED) is 0.0648. The van der Waals surface area contributed by atoms with Gasteiger partial charge >= 0.3 is 6.18 Å². The van der Waals surface area contributed by atoms with E-state index in [1.54, 1.807) is 36.4 Å². The third-order valence-electron chi connectivity index (χ3n) is 9.81. The molecule has 0 unspecified atom stereocenters. The van der Waals surface area contributed by atoms with E-state index >= 15 is 0 Å². The molecular formula is C43H44ClF3N12O3S. The van der Waals surface area contributed by atoms with E-state index in [9.17, 15) is 22.8 Å². The Bertz CT molecular complexity index is 2530. The van der Waals surface area contributed by atoms with Crippen molar-refractivity contribution < 1.29 is 27.9 Å². The summed E-state index contributed by atoms with van der Waals surface area (Å²) in [7, 11) is 0. The standard InChI is InChI=1S/C22H26ClN7O2S.C21H18F3N5O/c1-14-4-3-5-16(23)20(14)28-21(32)17-13-24-22(33-17)27-18-12-19(26-15(2)25-18)30-8-6-29(7-9-30)10-11-31;22-21(23,24)14-3-1-4-15(11-14)26-18-9-10-25-20(29-18)28-17-6-2-5-16(12-17)27-19(30)13-7-8-13/h3-5,12-13,31H,6-11H2,1-2H3,(H,28,32)(H,24,25,26,27);1-6,9-13H,7-8H2,(H,27,30)(H2,25,26,28,29). The zero-order valence-electron chi connectivity index (χ0n) is 34.2. The predicted molar refractivity (Wildman–Crippen MR) is 240 cm³/mol. The molecule has 6 aromatic rings. The monoisotopic (exact) mass is 900 g/mol. The second kappa shape index (κ2) is 20.2. The van der Waals surface area contributed by atoms with E-state index < -0.39 is 11.7 Å². The number of halogens is 4. The summed E-state index contributed by atoms with van der Waals surface area (Å²) in [6.07, 6.45) is 0.441. The molecule has 3 aromatic heterocycles. The molecule has 2 fully saturated rings. The lowest BCUT2D eigenvalue weighted by Gasteiger charge is -2.35. The first kappa shape index (κ1) is 44.6. The summed E-state index contributed by atoms with van der Waals surface area (Å²) >= 11 is 7.46. The molecule has 0 spiro atoms. The van der Waals surface area contributed by atoms with Gasteiger partial charge in [-0.05, 0) is 80.8 Å². The molecule has 63 heavy (non-hydrogen) atoms. The predicted octanol–water partition coefficient (Wildman–Crippen LogP) is 8.64. The zero-order chi connectivity index (χ0) is 44.5. The second-order valence-corrected chi connectivity index (χ2v) is 16.1. The number of para-hydroxylation sites is 1. The van der Waals surface area contributed by atoms with Crippen LogP contribution in [0.2, 0.25) is 5.02 Å². The van der Waals surface area contributed by atoms with Crippen molar-refractivity contribution in [3.05, 3.63) is 118 Å². The lowest BCUT2D eigenvalue weighted by atomic mass is 10.2. The number of carbonyl (C=O) groups is 2. The van der Waals surface area contributed by atoms with Gasteiger partial charge in [-0.25, -0.2) is 19.9 Å². The number of hydrogen-bond acceptors (Lipinski definition) is 14. The largest absolute Gasteiger partial charge is 0.416 e. The maximum absolute atomic E-state index is 12.9. The fourth-order valence-corrected chi connectivity index (χ4v) is 7.42. The van der Waals surface area contributed by atoms with Crippen LogP contribution in [0.25, 0.3) is 0 Å². The Balaban J connectivity index is 0.000000190. The molecule has 8 rings (SSSR count). The number of alkyl halides is 3. The van der Waals surface area contributed by atoms with Crippen molar-refractivity contribution in [1.29, 1.82) is 0 Å². The summed E-state index contributed by atoms with van der Waals surface area (Å²) in [5, 5.41) is 25.0. The molecule has 1 aliphatic carbocycles. The molecule has 1 saturated heterocycles. The summed E-state index contributed by atoms with van der Waals surface area (Å²) in [6, 6.07) is 20.9. The molecule has 0 atom stereocenters. The van der Waals surface area contributed by atoms with Gasteiger partial charge in [-0.2, -0.15) is 18.2 Å². The van der Waals surface area contributed by atoms with Gasteiger partial charge in [-0.1, -0.05) is 47.2 Å². The number of rotatable bonds is 13.